The van der Waals surface area contributed by atoms with E-state index in [0.29, 0.717) is 13.0 Å². The molecule has 0 fully saturated rings. The largest absolute Gasteiger partial charge is 0.357 e. The number of nitrogens with zero attached hydrogens (tertiary/aromatic N) is 2. The fraction of sp³-hybridized carbons (Fsp3) is 0.533. The zero-order valence-electron chi connectivity index (χ0n) is 13.8. The molecular formula is C15H25BrIN3O2S. The zero-order valence-corrected chi connectivity index (χ0v) is 18.5. The van der Waals surface area contributed by atoms with Crippen LogP contribution in [0.3, 0.4) is 0 Å². The summed E-state index contributed by atoms with van der Waals surface area (Å²) in [5.41, 5.74) is 1.19. The predicted molar refractivity (Wildman–Crippen MR) is 111 cm³/mol. The van der Waals surface area contributed by atoms with E-state index in [2.05, 4.69) is 38.4 Å². The first-order valence-corrected chi connectivity index (χ1v) is 10.1. The molecule has 0 aliphatic carbocycles. The van der Waals surface area contributed by atoms with E-state index in [1.807, 2.05) is 31.0 Å². The van der Waals surface area contributed by atoms with Crippen LogP contribution in [0.1, 0.15) is 18.9 Å². The van der Waals surface area contributed by atoms with E-state index in [1.54, 1.807) is 0 Å². The van der Waals surface area contributed by atoms with Crippen molar-refractivity contribution in [3.05, 3.63) is 34.3 Å². The lowest BCUT2D eigenvalue weighted by Gasteiger charge is -2.22. The Labute approximate surface area is 165 Å². The molecule has 1 aromatic rings. The van der Waals surface area contributed by atoms with Crippen molar-refractivity contribution in [1.29, 1.82) is 0 Å². The minimum atomic E-state index is -2.91. The molecule has 1 rings (SSSR count). The van der Waals surface area contributed by atoms with Crippen molar-refractivity contribution in [2.75, 3.05) is 32.1 Å². The van der Waals surface area contributed by atoms with Crippen LogP contribution >= 0.6 is 39.9 Å². The molecule has 0 amide bonds. The van der Waals surface area contributed by atoms with Crippen LogP contribution in [-0.4, -0.2) is 51.4 Å². The maximum Gasteiger partial charge on any atom is 0.193 e. The number of benzene rings is 1. The highest BCUT2D eigenvalue weighted by Crippen LogP contribution is 2.11. The lowest BCUT2D eigenvalue weighted by molar-refractivity contribution is 0.477. The molecule has 0 bridgehead atoms. The SMILES string of the molecule is CCNC(=NCCCS(C)(=O)=O)N(C)Cc1ccc(Br)cc1.I. The average molecular weight is 518 g/mol. The van der Waals surface area contributed by atoms with Crippen LogP contribution in [0, 0.1) is 0 Å². The molecule has 0 atom stereocenters. The van der Waals surface area contributed by atoms with Crippen molar-refractivity contribution in [2.24, 2.45) is 4.99 Å². The van der Waals surface area contributed by atoms with E-state index in [1.165, 1.54) is 11.8 Å². The molecule has 0 radical (unpaired) electrons. The topological polar surface area (TPSA) is 61.8 Å². The number of rotatable bonds is 7. The van der Waals surface area contributed by atoms with E-state index in [-0.39, 0.29) is 29.7 Å². The highest BCUT2D eigenvalue weighted by Gasteiger charge is 2.07. The standard InChI is InChI=1S/C15H24BrN3O2S.HI/c1-4-17-15(18-10-5-11-22(3,20)21)19(2)12-13-6-8-14(16)9-7-13;/h6-9H,4-5,10-12H2,1-3H3,(H,17,18);1H. The van der Waals surface area contributed by atoms with Gasteiger partial charge in [-0.3, -0.25) is 4.99 Å². The molecule has 0 aromatic heterocycles. The van der Waals surface area contributed by atoms with Gasteiger partial charge < -0.3 is 10.2 Å². The Morgan fingerprint density at radius 1 is 1.30 bits per heavy atom. The predicted octanol–water partition coefficient (Wildman–Crippen LogP) is 2.90. The highest BCUT2D eigenvalue weighted by atomic mass is 127. The molecule has 8 heteroatoms. The second kappa shape index (κ2) is 11.2. The van der Waals surface area contributed by atoms with Gasteiger partial charge in [-0.25, -0.2) is 8.42 Å². The van der Waals surface area contributed by atoms with Gasteiger partial charge in [-0.05, 0) is 31.0 Å². The number of sulfone groups is 1. The van der Waals surface area contributed by atoms with Gasteiger partial charge in [-0.1, -0.05) is 28.1 Å². The van der Waals surface area contributed by atoms with Crippen LogP contribution in [0.2, 0.25) is 0 Å². The molecule has 0 unspecified atom stereocenters. The minimum absolute atomic E-state index is 0. The van der Waals surface area contributed by atoms with Crippen molar-refractivity contribution >= 4 is 55.7 Å². The first-order chi connectivity index (χ1) is 10.3. The van der Waals surface area contributed by atoms with Gasteiger partial charge in [0.15, 0.2) is 5.96 Å². The summed E-state index contributed by atoms with van der Waals surface area (Å²) in [5, 5.41) is 3.23. The van der Waals surface area contributed by atoms with Gasteiger partial charge in [0, 0.05) is 37.4 Å². The summed E-state index contributed by atoms with van der Waals surface area (Å²) >= 11 is 3.42. The minimum Gasteiger partial charge on any atom is -0.357 e. The van der Waals surface area contributed by atoms with Crippen molar-refractivity contribution in [3.63, 3.8) is 0 Å². The maximum atomic E-state index is 11.1. The van der Waals surface area contributed by atoms with E-state index in [4.69, 9.17) is 0 Å². The maximum absolute atomic E-state index is 11.1. The summed E-state index contributed by atoms with van der Waals surface area (Å²) < 4.78 is 23.3. The van der Waals surface area contributed by atoms with Crippen LogP contribution in [0.5, 0.6) is 0 Å². The van der Waals surface area contributed by atoms with Crippen LogP contribution in [-0.2, 0) is 16.4 Å². The van der Waals surface area contributed by atoms with E-state index in [9.17, 15) is 8.42 Å². The normalized spacial score (nSPS) is 11.7. The Kier molecular flexibility index (Phi) is 11.1. The first-order valence-electron chi connectivity index (χ1n) is 7.23. The quantitative estimate of drug-likeness (QED) is 0.261. The third-order valence-electron chi connectivity index (χ3n) is 2.96. The van der Waals surface area contributed by atoms with Crippen molar-refractivity contribution in [3.8, 4) is 0 Å². The number of aliphatic imine (C=N–C) groups is 1. The fourth-order valence-electron chi connectivity index (χ4n) is 1.92. The molecule has 0 heterocycles. The molecule has 0 saturated heterocycles. The number of nitrogens with one attached hydrogen (secondary N) is 1. The third-order valence-corrected chi connectivity index (χ3v) is 4.52. The summed E-state index contributed by atoms with van der Waals surface area (Å²) in [6.45, 7) is 4.03. The molecule has 5 nitrogen and oxygen atoms in total. The Balaban J connectivity index is 0.00000484. The number of guanidine groups is 1. The molecule has 1 aromatic carbocycles. The highest BCUT2D eigenvalue weighted by molar-refractivity contribution is 14.0. The average Bonchev–Trinajstić information content (AvgIpc) is 2.43. The monoisotopic (exact) mass is 517 g/mol. The van der Waals surface area contributed by atoms with E-state index < -0.39 is 9.84 Å². The zero-order chi connectivity index (χ0) is 16.6. The number of hydrogen-bond acceptors (Lipinski definition) is 3. The first kappa shape index (κ1) is 22.6. The van der Waals surface area contributed by atoms with Gasteiger partial charge in [-0.15, -0.1) is 24.0 Å². The smallest absolute Gasteiger partial charge is 0.193 e. The summed E-state index contributed by atoms with van der Waals surface area (Å²) in [6, 6.07) is 8.15. The molecule has 1 N–H and O–H groups in total. The van der Waals surface area contributed by atoms with E-state index in [0.717, 1.165) is 23.5 Å². The molecule has 0 aliphatic rings. The van der Waals surface area contributed by atoms with Crippen molar-refractivity contribution < 1.29 is 8.42 Å². The second-order valence-corrected chi connectivity index (χ2v) is 8.38. The fourth-order valence-corrected chi connectivity index (χ4v) is 2.84. The van der Waals surface area contributed by atoms with Crippen molar-refractivity contribution in [1.82, 2.24) is 10.2 Å². The van der Waals surface area contributed by atoms with E-state index >= 15 is 0 Å². The van der Waals surface area contributed by atoms with Gasteiger partial charge in [0.2, 0.25) is 0 Å². The molecule has 132 valence electrons. The summed E-state index contributed by atoms with van der Waals surface area (Å²) in [7, 11) is -0.943. The number of halogens is 2. The summed E-state index contributed by atoms with van der Waals surface area (Å²) in [5.74, 6) is 0.964. The second-order valence-electron chi connectivity index (χ2n) is 5.20. The molecule has 0 aliphatic heterocycles. The van der Waals surface area contributed by atoms with Gasteiger partial charge in [-0.2, -0.15) is 0 Å². The third kappa shape index (κ3) is 10.2. The van der Waals surface area contributed by atoms with Gasteiger partial charge in [0.1, 0.15) is 9.84 Å². The molecule has 23 heavy (non-hydrogen) atoms. The molecule has 0 spiro atoms. The van der Waals surface area contributed by atoms with Crippen LogP contribution in [0.15, 0.2) is 33.7 Å². The Morgan fingerprint density at radius 2 is 1.91 bits per heavy atom. The Bertz CT molecular complexity index is 591. The van der Waals surface area contributed by atoms with Gasteiger partial charge in [0.05, 0.1) is 5.75 Å². The number of hydrogen-bond donors (Lipinski definition) is 1. The lowest BCUT2D eigenvalue weighted by Crippen LogP contribution is -2.38. The Hall–Kier alpha value is -0.350. The van der Waals surface area contributed by atoms with Gasteiger partial charge in [0.25, 0.3) is 0 Å². The molecular weight excluding hydrogens is 493 g/mol. The summed E-state index contributed by atoms with van der Waals surface area (Å²) in [4.78, 5) is 6.52. The molecule has 0 saturated carbocycles. The van der Waals surface area contributed by atoms with Crippen LogP contribution < -0.4 is 5.32 Å². The Morgan fingerprint density at radius 3 is 2.43 bits per heavy atom. The summed E-state index contributed by atoms with van der Waals surface area (Å²) in [6.07, 6.45) is 1.79. The van der Waals surface area contributed by atoms with Crippen molar-refractivity contribution in [2.45, 2.75) is 19.9 Å². The van der Waals surface area contributed by atoms with Gasteiger partial charge >= 0.3 is 0 Å². The van der Waals surface area contributed by atoms with Crippen LogP contribution in [0.4, 0.5) is 0 Å². The lowest BCUT2D eigenvalue weighted by atomic mass is 10.2. The van der Waals surface area contributed by atoms with Crippen LogP contribution in [0.25, 0.3) is 0 Å².